The van der Waals surface area contributed by atoms with Crippen LogP contribution in [-0.4, -0.2) is 23.1 Å². The van der Waals surface area contributed by atoms with Crippen molar-refractivity contribution in [1.29, 1.82) is 0 Å². The summed E-state index contributed by atoms with van der Waals surface area (Å²) in [5.41, 5.74) is 0.237. The zero-order valence-electron chi connectivity index (χ0n) is 17.8. The average Bonchev–Trinajstić information content (AvgIpc) is 2.95. The Morgan fingerprint density at radius 2 is 1.93 bits per heavy atom. The molecule has 0 N–H and O–H groups in total. The molecular formula is C25H32O4. The van der Waals surface area contributed by atoms with E-state index in [4.69, 9.17) is 4.74 Å². The summed E-state index contributed by atoms with van der Waals surface area (Å²) in [6.07, 6.45) is 14.0. The third-order valence-corrected chi connectivity index (χ3v) is 9.58. The van der Waals surface area contributed by atoms with Crippen molar-refractivity contribution in [3.8, 4) is 0 Å². The Balaban J connectivity index is 1.60. The number of hydrogen-bond donors (Lipinski definition) is 0. The van der Waals surface area contributed by atoms with Gasteiger partial charge in [0.25, 0.3) is 0 Å². The normalized spacial score (nSPS) is 47.6. The predicted octanol–water partition coefficient (Wildman–Crippen LogP) is 4.58. The second kappa shape index (κ2) is 6.15. The summed E-state index contributed by atoms with van der Waals surface area (Å²) in [5, 5.41) is 0. The molecule has 0 amide bonds. The Hall–Kier alpha value is -1.71. The summed E-state index contributed by atoms with van der Waals surface area (Å²) in [6.45, 7) is 5.25. The van der Waals surface area contributed by atoms with E-state index in [0.29, 0.717) is 42.3 Å². The number of rotatable bonds is 2. The summed E-state index contributed by atoms with van der Waals surface area (Å²) in [5.74, 6) is 1.82. The molecular weight excluding hydrogens is 364 g/mol. The maximum Gasteiger partial charge on any atom is 0.303 e. The molecule has 0 aromatic rings. The summed E-state index contributed by atoms with van der Waals surface area (Å²) in [7, 11) is 0. The van der Waals surface area contributed by atoms with Crippen LogP contribution in [0.1, 0.15) is 72.1 Å². The molecule has 1 spiro atoms. The molecule has 5 aliphatic carbocycles. The van der Waals surface area contributed by atoms with Crippen molar-refractivity contribution < 1.29 is 19.1 Å². The number of ether oxygens (including phenoxy) is 1. The SMILES string of the molecule is CC(=O)O[C@]1(C(C)=O)CCC2C3CCC4=CC(=O)CC[C@@]45CC=C[C@@H](C[C@@]21C)C35. The van der Waals surface area contributed by atoms with E-state index in [9.17, 15) is 14.4 Å². The van der Waals surface area contributed by atoms with Crippen molar-refractivity contribution in [2.45, 2.75) is 77.7 Å². The van der Waals surface area contributed by atoms with Gasteiger partial charge in [0.1, 0.15) is 0 Å². The first kappa shape index (κ1) is 19.3. The van der Waals surface area contributed by atoms with Crippen molar-refractivity contribution in [2.75, 3.05) is 0 Å². The number of hydrogen-bond acceptors (Lipinski definition) is 4. The van der Waals surface area contributed by atoms with Gasteiger partial charge in [0.05, 0.1) is 0 Å². The van der Waals surface area contributed by atoms with Gasteiger partial charge in [-0.1, -0.05) is 24.6 Å². The van der Waals surface area contributed by atoms with E-state index in [-0.39, 0.29) is 22.6 Å². The van der Waals surface area contributed by atoms with Crippen LogP contribution >= 0.6 is 0 Å². The largest absolute Gasteiger partial charge is 0.451 e. The van der Waals surface area contributed by atoms with Gasteiger partial charge in [0, 0.05) is 18.8 Å². The topological polar surface area (TPSA) is 60.4 Å². The molecule has 29 heavy (non-hydrogen) atoms. The molecule has 4 heteroatoms. The van der Waals surface area contributed by atoms with Crippen LogP contribution in [-0.2, 0) is 19.1 Å². The summed E-state index contributed by atoms with van der Waals surface area (Å²) in [4.78, 5) is 37.1. The maximum atomic E-state index is 12.9. The van der Waals surface area contributed by atoms with Gasteiger partial charge in [-0.3, -0.25) is 14.4 Å². The van der Waals surface area contributed by atoms with Crippen molar-refractivity contribution in [1.82, 2.24) is 0 Å². The van der Waals surface area contributed by atoms with Crippen LogP contribution in [0.15, 0.2) is 23.8 Å². The van der Waals surface area contributed by atoms with Crippen molar-refractivity contribution in [2.24, 2.45) is 34.5 Å². The van der Waals surface area contributed by atoms with E-state index in [2.05, 4.69) is 19.1 Å². The highest BCUT2D eigenvalue weighted by molar-refractivity contribution is 5.92. The molecule has 5 aliphatic rings. The zero-order valence-corrected chi connectivity index (χ0v) is 17.8. The lowest BCUT2D eigenvalue weighted by Crippen LogP contribution is -2.61. The van der Waals surface area contributed by atoms with Crippen LogP contribution in [0.4, 0.5) is 0 Å². The van der Waals surface area contributed by atoms with Gasteiger partial charge >= 0.3 is 5.97 Å². The number of allylic oxidation sites excluding steroid dienone is 3. The summed E-state index contributed by atoms with van der Waals surface area (Å²) < 4.78 is 5.90. The molecule has 3 saturated carbocycles. The second-order valence-electron chi connectivity index (χ2n) is 10.6. The Bertz CT molecular complexity index is 853. The highest BCUT2D eigenvalue weighted by atomic mass is 16.6. The fraction of sp³-hybridized carbons (Fsp3) is 0.720. The highest BCUT2D eigenvalue weighted by Gasteiger charge is 2.70. The number of Topliss-reactive ketones (excluding diaryl/α,β-unsaturated/α-hetero) is 1. The van der Waals surface area contributed by atoms with Crippen LogP contribution in [0.2, 0.25) is 0 Å². The van der Waals surface area contributed by atoms with E-state index in [0.717, 1.165) is 38.5 Å². The third-order valence-electron chi connectivity index (χ3n) is 9.58. The van der Waals surface area contributed by atoms with E-state index >= 15 is 0 Å². The molecule has 0 bridgehead atoms. The summed E-state index contributed by atoms with van der Waals surface area (Å²) >= 11 is 0. The molecule has 4 nitrogen and oxygen atoms in total. The Labute approximate surface area is 173 Å². The van der Waals surface area contributed by atoms with Gasteiger partial charge in [0.2, 0.25) is 0 Å². The molecule has 0 heterocycles. The zero-order chi connectivity index (χ0) is 20.6. The lowest BCUT2D eigenvalue weighted by atomic mass is 9.41. The van der Waals surface area contributed by atoms with E-state index in [1.165, 1.54) is 12.5 Å². The number of esters is 1. The van der Waals surface area contributed by atoms with E-state index < -0.39 is 5.60 Å². The molecule has 3 unspecified atom stereocenters. The number of fused-ring (bicyclic) bond motifs is 2. The molecule has 0 saturated heterocycles. The quantitative estimate of drug-likeness (QED) is 0.506. The van der Waals surface area contributed by atoms with Crippen LogP contribution in [0.25, 0.3) is 0 Å². The minimum atomic E-state index is -0.981. The Kier molecular flexibility index (Phi) is 4.09. The van der Waals surface area contributed by atoms with Crippen LogP contribution < -0.4 is 0 Å². The smallest absolute Gasteiger partial charge is 0.303 e. The Morgan fingerprint density at radius 1 is 1.14 bits per heavy atom. The minimum Gasteiger partial charge on any atom is -0.451 e. The molecule has 3 fully saturated rings. The monoisotopic (exact) mass is 396 g/mol. The van der Waals surface area contributed by atoms with Crippen molar-refractivity contribution in [3.05, 3.63) is 23.8 Å². The van der Waals surface area contributed by atoms with Gasteiger partial charge in [-0.25, -0.2) is 0 Å². The minimum absolute atomic E-state index is 0.00492. The maximum absolute atomic E-state index is 12.9. The molecule has 5 rings (SSSR count). The molecule has 156 valence electrons. The molecule has 7 atom stereocenters. The number of carbonyl (C=O) groups is 3. The molecule has 0 aliphatic heterocycles. The predicted molar refractivity (Wildman–Crippen MR) is 109 cm³/mol. The third kappa shape index (κ3) is 2.35. The van der Waals surface area contributed by atoms with Gasteiger partial charge in [0.15, 0.2) is 17.2 Å². The summed E-state index contributed by atoms with van der Waals surface area (Å²) in [6, 6.07) is 0. The van der Waals surface area contributed by atoms with Gasteiger partial charge in [-0.2, -0.15) is 0 Å². The fourth-order valence-corrected chi connectivity index (χ4v) is 8.66. The van der Waals surface area contributed by atoms with Crippen LogP contribution in [0.3, 0.4) is 0 Å². The van der Waals surface area contributed by atoms with Crippen molar-refractivity contribution >= 4 is 17.5 Å². The number of carbonyl (C=O) groups excluding carboxylic acids is 3. The van der Waals surface area contributed by atoms with Gasteiger partial charge in [-0.05, 0) is 87.0 Å². The van der Waals surface area contributed by atoms with E-state index in [1.54, 1.807) is 6.92 Å². The van der Waals surface area contributed by atoms with Gasteiger partial charge in [-0.15, -0.1) is 0 Å². The molecule has 0 aromatic carbocycles. The molecule has 0 aromatic heterocycles. The standard InChI is InChI=1S/C25H32O4/c1-15(26)25(29-16(2)27)12-9-21-20-7-6-18-13-19(28)8-11-24(18)10-4-5-17(22(20)24)14-23(21,25)3/h4-5,13,17,20-22H,6-12,14H2,1-3H3/t17-,20?,21?,22?,23-,24-,25-/m0/s1. The van der Waals surface area contributed by atoms with Gasteiger partial charge < -0.3 is 4.74 Å². The first-order valence-corrected chi connectivity index (χ1v) is 11.3. The lowest BCUT2D eigenvalue weighted by molar-refractivity contribution is -0.191. The van der Waals surface area contributed by atoms with E-state index in [1.807, 2.05) is 6.08 Å². The highest BCUT2D eigenvalue weighted by Crippen LogP contribution is 2.71. The molecule has 0 radical (unpaired) electrons. The van der Waals surface area contributed by atoms with Crippen LogP contribution in [0, 0.1) is 34.5 Å². The lowest BCUT2D eigenvalue weighted by Gasteiger charge is -2.63. The first-order chi connectivity index (χ1) is 13.7. The van der Waals surface area contributed by atoms with Crippen LogP contribution in [0.5, 0.6) is 0 Å². The second-order valence-corrected chi connectivity index (χ2v) is 10.6. The fourth-order valence-electron chi connectivity index (χ4n) is 8.66. The van der Waals surface area contributed by atoms with Crippen molar-refractivity contribution in [3.63, 3.8) is 0 Å². The Morgan fingerprint density at radius 3 is 2.66 bits per heavy atom. The average molecular weight is 397 g/mol. The number of ketones is 2. The first-order valence-electron chi connectivity index (χ1n) is 11.3.